The lowest BCUT2D eigenvalue weighted by atomic mass is 10.0. The molecule has 0 aliphatic carbocycles. The summed E-state index contributed by atoms with van der Waals surface area (Å²) in [6.07, 6.45) is 0. The van der Waals surface area contributed by atoms with Gasteiger partial charge in [0.25, 0.3) is 11.5 Å². The first-order valence-electron chi connectivity index (χ1n) is 11.1. The zero-order valence-corrected chi connectivity index (χ0v) is 20.9. The monoisotopic (exact) mass is 503 g/mol. The van der Waals surface area contributed by atoms with E-state index in [-0.39, 0.29) is 11.5 Å². The van der Waals surface area contributed by atoms with Crippen LogP contribution in [0.3, 0.4) is 0 Å². The fraction of sp³-hybridized carbons (Fsp3) is 0.154. The van der Waals surface area contributed by atoms with Crippen LogP contribution in [0.1, 0.15) is 41.3 Å². The first-order valence-corrected chi connectivity index (χ1v) is 12.3. The molecule has 9 heteroatoms. The van der Waals surface area contributed by atoms with Gasteiger partial charge in [0.15, 0.2) is 0 Å². The highest BCUT2D eigenvalue weighted by molar-refractivity contribution is 7.20. The molecule has 2 N–H and O–H groups in total. The third kappa shape index (κ3) is 4.62. The van der Waals surface area contributed by atoms with Gasteiger partial charge < -0.3 is 10.6 Å². The molecular formula is C26H22ClN5O2S. The smallest absolute Gasteiger partial charge is 0.283 e. The van der Waals surface area contributed by atoms with Crippen molar-refractivity contribution in [3.8, 4) is 0 Å². The van der Waals surface area contributed by atoms with Crippen molar-refractivity contribution in [2.45, 2.75) is 26.7 Å². The third-order valence-electron chi connectivity index (χ3n) is 5.74. The van der Waals surface area contributed by atoms with Gasteiger partial charge in [0.05, 0.1) is 10.9 Å². The van der Waals surface area contributed by atoms with Gasteiger partial charge in [-0.2, -0.15) is 4.52 Å². The summed E-state index contributed by atoms with van der Waals surface area (Å²) in [5.41, 5.74) is 4.26. The second kappa shape index (κ2) is 9.13. The van der Waals surface area contributed by atoms with E-state index < -0.39 is 0 Å². The molecule has 0 fully saturated rings. The van der Waals surface area contributed by atoms with Crippen LogP contribution in [0.15, 0.2) is 65.5 Å². The Labute approximate surface area is 210 Å². The van der Waals surface area contributed by atoms with Crippen LogP contribution in [0, 0.1) is 6.92 Å². The molecule has 0 unspecified atom stereocenters. The number of aryl methyl sites for hydroxylation is 1. The lowest BCUT2D eigenvalue weighted by molar-refractivity contribution is 0.102. The van der Waals surface area contributed by atoms with Crippen molar-refractivity contribution in [1.82, 2.24) is 14.6 Å². The Bertz CT molecular complexity index is 1640. The summed E-state index contributed by atoms with van der Waals surface area (Å²) in [4.78, 5) is 30.9. The SMILES string of the molecule is Cc1ccc(Cl)cc1Nc1nn2c(=O)c3ccc(C(=O)Nc4ccc(C(C)C)cc4)cc3nc2s1. The number of halogens is 1. The molecule has 2 aromatic heterocycles. The number of amides is 1. The number of aromatic nitrogens is 3. The van der Waals surface area contributed by atoms with Crippen molar-refractivity contribution in [3.05, 3.63) is 92.7 Å². The average molecular weight is 504 g/mol. The maximum Gasteiger partial charge on any atom is 0.283 e. The Hall–Kier alpha value is -3.75. The van der Waals surface area contributed by atoms with Gasteiger partial charge in [-0.05, 0) is 66.4 Å². The van der Waals surface area contributed by atoms with E-state index in [1.165, 1.54) is 21.4 Å². The number of nitrogens with zero attached hydrogens (tertiary/aromatic N) is 3. The Morgan fingerprint density at radius 3 is 2.57 bits per heavy atom. The second-order valence-corrected chi connectivity index (χ2v) is 9.96. The molecular weight excluding hydrogens is 482 g/mol. The van der Waals surface area contributed by atoms with Gasteiger partial charge in [-0.15, -0.1) is 5.10 Å². The van der Waals surface area contributed by atoms with Gasteiger partial charge in [-0.1, -0.05) is 55.0 Å². The molecule has 0 bridgehead atoms. The number of carbonyl (C=O) groups is 1. The summed E-state index contributed by atoms with van der Waals surface area (Å²) in [6, 6.07) is 18.2. The van der Waals surface area contributed by atoms with E-state index in [1.807, 2.05) is 43.3 Å². The largest absolute Gasteiger partial charge is 0.330 e. The number of anilines is 3. The number of hydrogen-bond donors (Lipinski definition) is 2. The molecule has 0 aliphatic heterocycles. The minimum absolute atomic E-state index is 0.269. The summed E-state index contributed by atoms with van der Waals surface area (Å²) in [6.45, 7) is 6.20. The predicted octanol–water partition coefficient (Wildman–Crippen LogP) is 6.39. The highest BCUT2D eigenvalue weighted by Crippen LogP contribution is 2.27. The fourth-order valence-corrected chi connectivity index (χ4v) is 4.68. The molecule has 0 radical (unpaired) electrons. The van der Waals surface area contributed by atoms with E-state index in [9.17, 15) is 9.59 Å². The molecule has 0 atom stereocenters. The lowest BCUT2D eigenvalue weighted by Gasteiger charge is -2.09. The maximum atomic E-state index is 13.1. The molecule has 3 aromatic carbocycles. The topological polar surface area (TPSA) is 88.4 Å². The zero-order valence-electron chi connectivity index (χ0n) is 19.3. The van der Waals surface area contributed by atoms with E-state index >= 15 is 0 Å². The van der Waals surface area contributed by atoms with Gasteiger partial charge >= 0.3 is 0 Å². The number of rotatable bonds is 5. The molecule has 2 heterocycles. The van der Waals surface area contributed by atoms with Gasteiger partial charge in [0, 0.05) is 22.0 Å². The third-order valence-corrected chi connectivity index (χ3v) is 6.79. The Morgan fingerprint density at radius 2 is 1.83 bits per heavy atom. The fourth-order valence-electron chi connectivity index (χ4n) is 3.70. The van der Waals surface area contributed by atoms with Crippen molar-refractivity contribution >= 4 is 61.2 Å². The molecule has 5 rings (SSSR count). The Morgan fingerprint density at radius 1 is 1.06 bits per heavy atom. The molecule has 0 saturated carbocycles. The Balaban J connectivity index is 1.45. The number of benzene rings is 3. The van der Waals surface area contributed by atoms with Crippen molar-refractivity contribution in [2.24, 2.45) is 0 Å². The second-order valence-electron chi connectivity index (χ2n) is 8.57. The van der Waals surface area contributed by atoms with Crippen molar-refractivity contribution in [3.63, 3.8) is 0 Å². The number of hydrogen-bond acceptors (Lipinski definition) is 6. The molecule has 0 spiro atoms. The highest BCUT2D eigenvalue weighted by atomic mass is 35.5. The maximum absolute atomic E-state index is 13.1. The molecule has 7 nitrogen and oxygen atoms in total. The summed E-state index contributed by atoms with van der Waals surface area (Å²) < 4.78 is 1.27. The molecule has 0 aliphatic rings. The van der Waals surface area contributed by atoms with Gasteiger partial charge in [0.2, 0.25) is 10.1 Å². The van der Waals surface area contributed by atoms with Gasteiger partial charge in [-0.3, -0.25) is 9.59 Å². The Kier molecular flexibility index (Phi) is 6.00. The molecule has 176 valence electrons. The zero-order chi connectivity index (χ0) is 24.7. The summed E-state index contributed by atoms with van der Waals surface area (Å²) >= 11 is 7.35. The van der Waals surface area contributed by atoms with Crippen molar-refractivity contribution in [1.29, 1.82) is 0 Å². The molecule has 1 amide bonds. The number of carbonyl (C=O) groups excluding carboxylic acids is 1. The molecule has 5 aromatic rings. The van der Waals surface area contributed by atoms with E-state index in [4.69, 9.17) is 11.6 Å². The van der Waals surface area contributed by atoms with Crippen LogP contribution >= 0.6 is 22.9 Å². The lowest BCUT2D eigenvalue weighted by Crippen LogP contribution is -2.16. The normalized spacial score (nSPS) is 11.3. The van der Waals surface area contributed by atoms with E-state index in [2.05, 4.69) is 34.6 Å². The summed E-state index contributed by atoms with van der Waals surface area (Å²) in [5.74, 6) is 0.147. The minimum atomic E-state index is -0.298. The van der Waals surface area contributed by atoms with E-state index in [1.54, 1.807) is 24.3 Å². The highest BCUT2D eigenvalue weighted by Gasteiger charge is 2.14. The van der Waals surface area contributed by atoms with Crippen LogP contribution in [0.4, 0.5) is 16.5 Å². The van der Waals surface area contributed by atoms with Crippen LogP contribution in [-0.4, -0.2) is 20.5 Å². The summed E-state index contributed by atoms with van der Waals surface area (Å²) in [5, 5.41) is 12.0. The van der Waals surface area contributed by atoms with Crippen LogP contribution in [0.25, 0.3) is 15.9 Å². The first kappa shape index (κ1) is 23.0. The van der Waals surface area contributed by atoms with Crippen molar-refractivity contribution < 1.29 is 4.79 Å². The van der Waals surface area contributed by atoms with Crippen LogP contribution in [0.5, 0.6) is 0 Å². The predicted molar refractivity (Wildman–Crippen MR) is 143 cm³/mol. The van der Waals surface area contributed by atoms with Crippen LogP contribution in [-0.2, 0) is 0 Å². The average Bonchev–Trinajstić information content (AvgIpc) is 3.24. The van der Waals surface area contributed by atoms with E-state index in [0.717, 1.165) is 11.3 Å². The first-order chi connectivity index (χ1) is 16.8. The quantitative estimate of drug-likeness (QED) is 0.290. The standard InChI is InChI=1S/C26H22ClN5O2S/c1-14(2)16-5-9-19(10-6-16)28-23(33)17-7-11-20-22(12-17)30-26-32(24(20)34)31-25(35-26)29-21-13-18(27)8-4-15(21)3/h4-14H,1-3H3,(H,28,33)(H,29,31). The van der Waals surface area contributed by atoms with Gasteiger partial charge in [0.1, 0.15) is 0 Å². The number of nitrogens with one attached hydrogen (secondary N) is 2. The molecule has 0 saturated heterocycles. The number of fused-ring (bicyclic) bond motifs is 2. The summed E-state index contributed by atoms with van der Waals surface area (Å²) in [7, 11) is 0. The van der Waals surface area contributed by atoms with Gasteiger partial charge in [-0.25, -0.2) is 4.98 Å². The molecule has 35 heavy (non-hydrogen) atoms. The van der Waals surface area contributed by atoms with Crippen molar-refractivity contribution in [2.75, 3.05) is 10.6 Å². The minimum Gasteiger partial charge on any atom is -0.330 e. The van der Waals surface area contributed by atoms with Crippen LogP contribution in [0.2, 0.25) is 5.02 Å². The van der Waals surface area contributed by atoms with E-state index in [0.29, 0.717) is 43.2 Å². The van der Waals surface area contributed by atoms with Crippen LogP contribution < -0.4 is 16.2 Å².